The van der Waals surface area contributed by atoms with Gasteiger partial charge in [-0.25, -0.2) is 9.18 Å². The van der Waals surface area contributed by atoms with E-state index in [1.54, 1.807) is 24.3 Å². The molecule has 3 aromatic rings. The van der Waals surface area contributed by atoms with Gasteiger partial charge in [0.1, 0.15) is 18.7 Å². The van der Waals surface area contributed by atoms with E-state index in [4.69, 9.17) is 10.8 Å². The molecule has 9 heteroatoms. The first-order valence-electron chi connectivity index (χ1n) is 13.5. The average molecular weight is 539 g/mol. The highest BCUT2D eigenvalue weighted by atomic mass is 19.1. The number of carbonyl (C=O) groups is 3. The van der Waals surface area contributed by atoms with Crippen LogP contribution >= 0.6 is 0 Å². The Balaban J connectivity index is 0.000000298. The van der Waals surface area contributed by atoms with Gasteiger partial charge >= 0.3 is 5.97 Å². The predicted molar refractivity (Wildman–Crippen MR) is 152 cm³/mol. The molecular weight excluding hydrogens is 499 g/mol. The first-order chi connectivity index (χ1) is 18.8. The third-order valence-corrected chi connectivity index (χ3v) is 7.33. The van der Waals surface area contributed by atoms with Crippen LogP contribution in [0.4, 0.5) is 10.1 Å². The number of amides is 1. The maximum Gasteiger partial charge on any atom is 0.352 e. The van der Waals surface area contributed by atoms with E-state index in [-0.39, 0.29) is 35.5 Å². The molecule has 0 saturated carbocycles. The van der Waals surface area contributed by atoms with E-state index in [1.165, 1.54) is 5.56 Å². The molecule has 1 fully saturated rings. The topological polar surface area (TPSA) is 129 Å². The Morgan fingerprint density at radius 3 is 2.59 bits per heavy atom. The maximum atomic E-state index is 13.0. The van der Waals surface area contributed by atoms with Gasteiger partial charge in [0.2, 0.25) is 5.91 Å². The molecule has 4 atom stereocenters. The molecule has 8 nitrogen and oxygen atoms in total. The molecule has 0 bridgehead atoms. The zero-order chi connectivity index (χ0) is 28.4. The first-order valence-corrected chi connectivity index (χ1v) is 13.5. The van der Waals surface area contributed by atoms with Gasteiger partial charge in [-0.1, -0.05) is 43.7 Å². The molecule has 0 radical (unpaired) electrons. The first kappa shape index (κ1) is 30.0. The van der Waals surface area contributed by atoms with Gasteiger partial charge in [0, 0.05) is 34.5 Å². The number of fused-ring (bicyclic) bond motifs is 1. The van der Waals surface area contributed by atoms with Crippen LogP contribution in [0.1, 0.15) is 61.0 Å². The number of carboxylic acids is 1. The lowest BCUT2D eigenvalue weighted by Crippen LogP contribution is -2.40. The molecule has 1 amide bonds. The number of nitrogens with one attached hydrogen (secondary N) is 2. The van der Waals surface area contributed by atoms with Crippen molar-refractivity contribution in [1.82, 2.24) is 9.88 Å². The Kier molecular flexibility index (Phi) is 11.2. The second-order valence-electron chi connectivity index (χ2n) is 10.2. The number of hydrogen-bond acceptors (Lipinski definition) is 5. The summed E-state index contributed by atoms with van der Waals surface area (Å²) in [7, 11) is 1.97. The molecular formula is C30H39FN4O4. The number of halogens is 1. The molecule has 2 heterocycles. The lowest BCUT2D eigenvalue weighted by Gasteiger charge is -2.24. The molecule has 4 unspecified atom stereocenters. The number of anilines is 1. The van der Waals surface area contributed by atoms with Gasteiger partial charge in [-0.15, -0.1) is 0 Å². The van der Waals surface area contributed by atoms with Crippen molar-refractivity contribution in [1.29, 1.82) is 0 Å². The number of H-pyrrole nitrogens is 1. The number of alkyl halides is 1. The van der Waals surface area contributed by atoms with Gasteiger partial charge in [0.05, 0.1) is 6.04 Å². The van der Waals surface area contributed by atoms with Crippen LogP contribution in [0, 0.1) is 5.92 Å². The minimum Gasteiger partial charge on any atom is -0.477 e. The minimum atomic E-state index is -1.00. The zero-order valence-electron chi connectivity index (χ0n) is 22.6. The van der Waals surface area contributed by atoms with E-state index in [0.717, 1.165) is 49.4 Å². The number of likely N-dealkylation sites (N-methyl/N-ethyl adjacent to an activating group) is 1. The zero-order valence-corrected chi connectivity index (χ0v) is 22.6. The summed E-state index contributed by atoms with van der Waals surface area (Å²) in [6.07, 6.45) is 5.16. The number of hydrogen-bond donors (Lipinski definition) is 4. The van der Waals surface area contributed by atoms with Crippen molar-refractivity contribution >= 4 is 34.8 Å². The fourth-order valence-corrected chi connectivity index (χ4v) is 5.01. The molecule has 4 rings (SSSR count). The highest BCUT2D eigenvalue weighted by molar-refractivity contribution is 5.99. The number of aromatic carboxylic acids is 1. The largest absolute Gasteiger partial charge is 0.477 e. The van der Waals surface area contributed by atoms with Gasteiger partial charge in [-0.05, 0) is 69.1 Å². The number of nitrogens with zero attached hydrogens (tertiary/aromatic N) is 1. The number of aromatic nitrogens is 1. The molecule has 0 aliphatic carbocycles. The molecule has 0 spiro atoms. The third kappa shape index (κ3) is 8.21. The quantitative estimate of drug-likeness (QED) is 0.255. The Labute approximate surface area is 228 Å². The summed E-state index contributed by atoms with van der Waals surface area (Å²) in [6.45, 7) is 2.39. The predicted octanol–water partition coefficient (Wildman–Crippen LogP) is 4.97. The third-order valence-electron chi connectivity index (χ3n) is 7.33. The summed E-state index contributed by atoms with van der Waals surface area (Å²) in [5.74, 6) is -0.755. The van der Waals surface area contributed by atoms with E-state index >= 15 is 0 Å². The van der Waals surface area contributed by atoms with Crippen LogP contribution < -0.4 is 11.1 Å². The summed E-state index contributed by atoms with van der Waals surface area (Å²) in [5, 5.41) is 12.9. The van der Waals surface area contributed by atoms with Crippen molar-refractivity contribution in [3.8, 4) is 0 Å². The van der Waals surface area contributed by atoms with Crippen LogP contribution in [0.25, 0.3) is 10.9 Å². The van der Waals surface area contributed by atoms with Gasteiger partial charge in [-0.3, -0.25) is 9.69 Å². The van der Waals surface area contributed by atoms with Crippen LogP contribution in [0.2, 0.25) is 0 Å². The standard InChI is InChI=1S/C21H21N3O3.C9H18FNO/c1-24-10-9-16(13-5-3-2-4-6-13)19(24)20(25)22-15-7-8-17-14(11-15)12-18(23-17)21(26)27;1-2-8(7-12)4-3-5-9(11)6-10/h2-8,11-12,16,19,23H,9-10H2,1H3,(H,22,25)(H,26,27);7-9H,2-6,11H2,1H3. The van der Waals surface area contributed by atoms with Crippen molar-refractivity contribution in [2.45, 2.75) is 57.0 Å². The molecule has 1 aliphatic heterocycles. The molecule has 1 aliphatic rings. The normalized spacial score (nSPS) is 18.7. The molecule has 2 aromatic carbocycles. The number of rotatable bonds is 11. The molecule has 39 heavy (non-hydrogen) atoms. The van der Waals surface area contributed by atoms with Gasteiger partial charge in [-0.2, -0.15) is 0 Å². The Hall–Kier alpha value is -3.56. The second-order valence-corrected chi connectivity index (χ2v) is 10.2. The second kappa shape index (κ2) is 14.6. The van der Waals surface area contributed by atoms with E-state index < -0.39 is 12.6 Å². The molecule has 1 saturated heterocycles. The number of benzene rings is 2. The molecule has 5 N–H and O–H groups in total. The van der Waals surface area contributed by atoms with E-state index in [0.29, 0.717) is 12.1 Å². The van der Waals surface area contributed by atoms with E-state index in [2.05, 4.69) is 27.3 Å². The average Bonchev–Trinajstić information content (AvgIpc) is 3.55. The van der Waals surface area contributed by atoms with Crippen molar-refractivity contribution in [3.63, 3.8) is 0 Å². The lowest BCUT2D eigenvalue weighted by molar-refractivity contribution is -0.120. The fraction of sp³-hybridized carbons (Fsp3) is 0.433. The van der Waals surface area contributed by atoms with Crippen molar-refractivity contribution in [3.05, 3.63) is 65.9 Å². The van der Waals surface area contributed by atoms with E-state index in [9.17, 15) is 18.8 Å². The number of aldehydes is 1. The Morgan fingerprint density at radius 2 is 1.95 bits per heavy atom. The summed E-state index contributed by atoms with van der Waals surface area (Å²) in [4.78, 5) is 39.4. The minimum absolute atomic E-state index is 0.0443. The number of carbonyl (C=O) groups excluding carboxylic acids is 2. The monoisotopic (exact) mass is 538 g/mol. The van der Waals surface area contributed by atoms with Crippen molar-refractivity contribution < 1.29 is 23.9 Å². The summed E-state index contributed by atoms with van der Waals surface area (Å²) >= 11 is 0. The van der Waals surface area contributed by atoms with Crippen LogP contribution in [0.15, 0.2) is 54.6 Å². The highest BCUT2D eigenvalue weighted by Crippen LogP contribution is 2.33. The van der Waals surface area contributed by atoms with Crippen molar-refractivity contribution in [2.75, 3.05) is 25.6 Å². The Morgan fingerprint density at radius 1 is 1.21 bits per heavy atom. The summed E-state index contributed by atoms with van der Waals surface area (Å²) in [5.41, 5.74) is 8.08. The number of aromatic amines is 1. The SMILES string of the molecule is CCC(C=O)CCCC(N)CF.CN1CCC(c2ccccc2)C1C(=O)Nc1ccc2[nH]c(C(=O)O)cc2c1. The Bertz CT molecular complexity index is 1230. The van der Waals surface area contributed by atoms with Crippen LogP contribution in [0.3, 0.4) is 0 Å². The number of likely N-dealkylation sites (tertiary alicyclic amines) is 1. The van der Waals surface area contributed by atoms with Crippen molar-refractivity contribution in [2.24, 2.45) is 11.7 Å². The van der Waals surface area contributed by atoms with E-state index in [1.807, 2.05) is 32.2 Å². The van der Waals surface area contributed by atoms with Crippen LogP contribution in [0.5, 0.6) is 0 Å². The lowest BCUT2D eigenvalue weighted by atomic mass is 9.91. The fourth-order valence-electron chi connectivity index (χ4n) is 5.01. The highest BCUT2D eigenvalue weighted by Gasteiger charge is 2.38. The maximum absolute atomic E-state index is 13.0. The van der Waals surface area contributed by atoms with Gasteiger partial charge in [0.25, 0.3) is 0 Å². The van der Waals surface area contributed by atoms with Gasteiger partial charge < -0.3 is 25.9 Å². The summed E-state index contributed by atoms with van der Waals surface area (Å²) < 4.78 is 11.9. The molecule has 1 aromatic heterocycles. The smallest absolute Gasteiger partial charge is 0.352 e. The van der Waals surface area contributed by atoms with Crippen LogP contribution in [-0.2, 0) is 9.59 Å². The van der Waals surface area contributed by atoms with Gasteiger partial charge in [0.15, 0.2) is 0 Å². The number of nitrogens with two attached hydrogens (primary N) is 1. The number of carboxylic acid groups (broad SMARTS) is 1. The molecule has 210 valence electrons. The van der Waals surface area contributed by atoms with Crippen LogP contribution in [-0.4, -0.2) is 65.5 Å². The summed E-state index contributed by atoms with van der Waals surface area (Å²) in [6, 6.07) is 16.5.